The number of aryl methyl sites for hydroxylation is 1. The van der Waals surface area contributed by atoms with Crippen LogP contribution in [-0.4, -0.2) is 48.0 Å². The molecule has 0 radical (unpaired) electrons. The van der Waals surface area contributed by atoms with E-state index < -0.39 is 0 Å². The number of nitrogens with one attached hydrogen (secondary N) is 2. The first-order valence-electron chi connectivity index (χ1n) is 10.4. The predicted octanol–water partition coefficient (Wildman–Crippen LogP) is 4.22. The highest BCUT2D eigenvalue weighted by atomic mass is 35.5. The zero-order valence-electron chi connectivity index (χ0n) is 17.8. The first-order valence-corrected chi connectivity index (χ1v) is 11.2. The SMILES string of the molecule is CCCC(=O)N1CCN(c2ccc(NC(=S)NC(=O)c3ccc(C)c(Cl)c3)cc2)CC1. The largest absolute Gasteiger partial charge is 0.368 e. The summed E-state index contributed by atoms with van der Waals surface area (Å²) < 4.78 is 0. The molecular formula is C23H27ClN4O2S. The lowest BCUT2D eigenvalue weighted by Crippen LogP contribution is -2.48. The second kappa shape index (κ2) is 10.6. The van der Waals surface area contributed by atoms with Gasteiger partial charge in [-0.1, -0.05) is 24.6 Å². The highest BCUT2D eigenvalue weighted by Gasteiger charge is 2.20. The lowest BCUT2D eigenvalue weighted by atomic mass is 10.1. The number of anilines is 2. The van der Waals surface area contributed by atoms with Gasteiger partial charge >= 0.3 is 0 Å². The Labute approximate surface area is 193 Å². The van der Waals surface area contributed by atoms with E-state index in [0.29, 0.717) is 17.0 Å². The summed E-state index contributed by atoms with van der Waals surface area (Å²) in [5.74, 6) is -0.0725. The highest BCUT2D eigenvalue weighted by molar-refractivity contribution is 7.80. The number of hydrogen-bond acceptors (Lipinski definition) is 4. The van der Waals surface area contributed by atoms with Gasteiger partial charge in [0.15, 0.2) is 5.11 Å². The molecule has 1 aliphatic heterocycles. The molecule has 1 heterocycles. The quantitative estimate of drug-likeness (QED) is 0.656. The molecule has 1 saturated heterocycles. The molecule has 31 heavy (non-hydrogen) atoms. The van der Waals surface area contributed by atoms with Crippen molar-refractivity contribution in [2.24, 2.45) is 0 Å². The maximum atomic E-state index is 12.4. The predicted molar refractivity (Wildman–Crippen MR) is 130 cm³/mol. The molecule has 6 nitrogen and oxygen atoms in total. The molecule has 1 fully saturated rings. The molecule has 2 amide bonds. The van der Waals surface area contributed by atoms with Crippen molar-refractivity contribution in [3.05, 3.63) is 58.6 Å². The van der Waals surface area contributed by atoms with E-state index in [2.05, 4.69) is 15.5 Å². The number of rotatable bonds is 5. The first kappa shape index (κ1) is 23.0. The van der Waals surface area contributed by atoms with Crippen LogP contribution in [0.3, 0.4) is 0 Å². The fourth-order valence-electron chi connectivity index (χ4n) is 3.41. The van der Waals surface area contributed by atoms with Crippen LogP contribution in [0.15, 0.2) is 42.5 Å². The summed E-state index contributed by atoms with van der Waals surface area (Å²) >= 11 is 11.4. The maximum Gasteiger partial charge on any atom is 0.257 e. The Morgan fingerprint density at radius 3 is 2.35 bits per heavy atom. The van der Waals surface area contributed by atoms with Crippen molar-refractivity contribution in [2.75, 3.05) is 36.4 Å². The van der Waals surface area contributed by atoms with Crippen molar-refractivity contribution in [3.8, 4) is 0 Å². The Kier molecular flexibility index (Phi) is 7.87. The van der Waals surface area contributed by atoms with Gasteiger partial charge in [0.25, 0.3) is 5.91 Å². The lowest BCUT2D eigenvalue weighted by Gasteiger charge is -2.36. The van der Waals surface area contributed by atoms with E-state index in [-0.39, 0.29) is 16.9 Å². The normalized spacial score (nSPS) is 13.6. The number of thiocarbonyl (C=S) groups is 1. The van der Waals surface area contributed by atoms with Gasteiger partial charge in [0.2, 0.25) is 5.91 Å². The van der Waals surface area contributed by atoms with Crippen LogP contribution in [0.25, 0.3) is 0 Å². The third kappa shape index (κ3) is 6.18. The van der Waals surface area contributed by atoms with Crippen molar-refractivity contribution < 1.29 is 9.59 Å². The van der Waals surface area contributed by atoms with Gasteiger partial charge in [0.1, 0.15) is 0 Å². The van der Waals surface area contributed by atoms with Crippen LogP contribution in [0.2, 0.25) is 5.02 Å². The van der Waals surface area contributed by atoms with Gasteiger partial charge in [-0.15, -0.1) is 0 Å². The smallest absolute Gasteiger partial charge is 0.257 e. The number of hydrogen-bond donors (Lipinski definition) is 2. The van der Waals surface area contributed by atoms with Crippen LogP contribution in [0.4, 0.5) is 11.4 Å². The maximum absolute atomic E-state index is 12.4. The Morgan fingerprint density at radius 1 is 1.06 bits per heavy atom. The number of halogens is 1. The summed E-state index contributed by atoms with van der Waals surface area (Å²) in [7, 11) is 0. The average Bonchev–Trinajstić information content (AvgIpc) is 2.76. The van der Waals surface area contributed by atoms with Crippen LogP contribution in [0, 0.1) is 6.92 Å². The van der Waals surface area contributed by atoms with Crippen molar-refractivity contribution in [1.29, 1.82) is 0 Å². The first-order chi connectivity index (χ1) is 14.9. The number of nitrogens with zero attached hydrogens (tertiary/aromatic N) is 2. The van der Waals surface area contributed by atoms with Crippen LogP contribution < -0.4 is 15.5 Å². The summed E-state index contributed by atoms with van der Waals surface area (Å²) in [5.41, 5.74) is 3.24. The molecular weight excluding hydrogens is 432 g/mol. The molecule has 2 aromatic rings. The monoisotopic (exact) mass is 458 g/mol. The van der Waals surface area contributed by atoms with E-state index >= 15 is 0 Å². The van der Waals surface area contributed by atoms with Gasteiger partial charge in [-0.05, 0) is 67.5 Å². The Morgan fingerprint density at radius 2 is 1.74 bits per heavy atom. The topological polar surface area (TPSA) is 64.7 Å². The van der Waals surface area contributed by atoms with E-state index in [9.17, 15) is 9.59 Å². The zero-order chi connectivity index (χ0) is 22.4. The number of carbonyl (C=O) groups is 2. The van der Waals surface area contributed by atoms with Gasteiger partial charge in [-0.3, -0.25) is 14.9 Å². The van der Waals surface area contributed by atoms with Crippen molar-refractivity contribution in [2.45, 2.75) is 26.7 Å². The molecule has 3 rings (SSSR count). The van der Waals surface area contributed by atoms with Crippen molar-refractivity contribution >= 4 is 52.1 Å². The number of benzene rings is 2. The van der Waals surface area contributed by atoms with Gasteiger partial charge in [-0.25, -0.2) is 0 Å². The molecule has 0 unspecified atom stereocenters. The zero-order valence-corrected chi connectivity index (χ0v) is 19.4. The molecule has 0 bridgehead atoms. The molecule has 0 saturated carbocycles. The van der Waals surface area contributed by atoms with Gasteiger partial charge in [-0.2, -0.15) is 0 Å². The Balaban J connectivity index is 1.51. The summed E-state index contributed by atoms with van der Waals surface area (Å²) in [6, 6.07) is 13.0. The lowest BCUT2D eigenvalue weighted by molar-refractivity contribution is -0.131. The van der Waals surface area contributed by atoms with Crippen LogP contribution in [0.1, 0.15) is 35.7 Å². The standard InChI is InChI=1S/C23H27ClN4O2S/c1-3-4-21(29)28-13-11-27(12-14-28)19-9-7-18(8-10-19)25-23(31)26-22(30)17-6-5-16(2)20(24)15-17/h5-10,15H,3-4,11-14H2,1-2H3,(H2,25,26,30,31). The highest BCUT2D eigenvalue weighted by Crippen LogP contribution is 2.20. The number of amides is 2. The van der Waals surface area contributed by atoms with E-state index in [0.717, 1.165) is 49.5 Å². The Hall–Kier alpha value is -2.64. The van der Waals surface area contributed by atoms with Crippen LogP contribution in [-0.2, 0) is 4.79 Å². The van der Waals surface area contributed by atoms with Gasteiger partial charge in [0.05, 0.1) is 0 Å². The molecule has 2 aromatic carbocycles. The van der Waals surface area contributed by atoms with E-state index in [1.54, 1.807) is 18.2 Å². The van der Waals surface area contributed by atoms with Crippen LogP contribution >= 0.6 is 23.8 Å². The van der Waals surface area contributed by atoms with Crippen molar-refractivity contribution in [3.63, 3.8) is 0 Å². The fraction of sp³-hybridized carbons (Fsp3) is 0.348. The molecule has 164 valence electrons. The number of piperazine rings is 1. The molecule has 0 aliphatic carbocycles. The van der Waals surface area contributed by atoms with E-state index in [4.69, 9.17) is 23.8 Å². The van der Waals surface area contributed by atoms with E-state index in [1.165, 1.54) is 0 Å². The summed E-state index contributed by atoms with van der Waals surface area (Å²) in [5, 5.41) is 6.46. The second-order valence-electron chi connectivity index (χ2n) is 7.54. The minimum absolute atomic E-state index is 0.220. The minimum Gasteiger partial charge on any atom is -0.368 e. The molecule has 0 spiro atoms. The molecule has 8 heteroatoms. The number of carbonyl (C=O) groups excluding carboxylic acids is 2. The molecule has 1 aliphatic rings. The third-order valence-electron chi connectivity index (χ3n) is 5.25. The van der Waals surface area contributed by atoms with E-state index in [1.807, 2.05) is 43.0 Å². The fourth-order valence-corrected chi connectivity index (χ4v) is 3.80. The second-order valence-corrected chi connectivity index (χ2v) is 8.35. The summed E-state index contributed by atoms with van der Waals surface area (Å²) in [6.45, 7) is 7.03. The van der Waals surface area contributed by atoms with Crippen LogP contribution in [0.5, 0.6) is 0 Å². The summed E-state index contributed by atoms with van der Waals surface area (Å²) in [6.07, 6.45) is 1.50. The van der Waals surface area contributed by atoms with Gasteiger partial charge < -0.3 is 15.1 Å². The summed E-state index contributed by atoms with van der Waals surface area (Å²) in [4.78, 5) is 28.6. The third-order valence-corrected chi connectivity index (χ3v) is 5.86. The molecule has 0 atom stereocenters. The van der Waals surface area contributed by atoms with Gasteiger partial charge in [0, 0.05) is 54.6 Å². The molecule has 0 aromatic heterocycles. The average molecular weight is 459 g/mol. The van der Waals surface area contributed by atoms with Crippen molar-refractivity contribution in [1.82, 2.24) is 10.2 Å². The molecule has 2 N–H and O–H groups in total. The Bertz CT molecular complexity index is 957. The minimum atomic E-state index is -0.313.